The third kappa shape index (κ3) is 3.70. The monoisotopic (exact) mass is 219 g/mol. The summed E-state index contributed by atoms with van der Waals surface area (Å²) in [6, 6.07) is 4.30. The molecule has 0 radical (unpaired) electrons. The van der Waals surface area contributed by atoms with E-state index in [9.17, 15) is 0 Å². The Labute approximate surface area is 98.3 Å². The van der Waals surface area contributed by atoms with Crippen LogP contribution in [0.15, 0.2) is 24.3 Å². The van der Waals surface area contributed by atoms with Crippen molar-refractivity contribution in [1.82, 2.24) is 5.32 Å². The van der Waals surface area contributed by atoms with Crippen molar-refractivity contribution >= 4 is 0 Å². The van der Waals surface area contributed by atoms with Gasteiger partial charge in [0.05, 0.1) is 0 Å². The summed E-state index contributed by atoms with van der Waals surface area (Å²) in [5.74, 6) is 1.01. The summed E-state index contributed by atoms with van der Waals surface area (Å²) in [5, 5.41) is 3.05. The van der Waals surface area contributed by atoms with Gasteiger partial charge in [-0.15, -0.1) is 0 Å². The lowest BCUT2D eigenvalue weighted by molar-refractivity contribution is 0.357. The minimum absolute atomic E-state index is 0.631. The second-order valence-electron chi connectivity index (χ2n) is 4.07. The summed E-state index contributed by atoms with van der Waals surface area (Å²) >= 11 is 0. The fraction of sp³-hybridized carbons (Fsp3) is 0.429. The van der Waals surface area contributed by atoms with E-state index < -0.39 is 0 Å². The van der Waals surface area contributed by atoms with Crippen molar-refractivity contribution in [3.05, 3.63) is 41.0 Å². The highest BCUT2D eigenvalue weighted by molar-refractivity contribution is 5.43. The number of aryl methyl sites for hydroxylation is 3. The van der Waals surface area contributed by atoms with Crippen molar-refractivity contribution in [3.63, 3.8) is 0 Å². The summed E-state index contributed by atoms with van der Waals surface area (Å²) in [6.45, 7) is 7.80. The molecular formula is C14H21NO. The van der Waals surface area contributed by atoms with Crippen molar-refractivity contribution in [2.75, 3.05) is 20.2 Å². The van der Waals surface area contributed by atoms with Crippen LogP contribution < -0.4 is 10.1 Å². The molecule has 0 heterocycles. The van der Waals surface area contributed by atoms with E-state index in [4.69, 9.17) is 4.74 Å². The highest BCUT2D eigenvalue weighted by Gasteiger charge is 2.03. The lowest BCUT2D eigenvalue weighted by Crippen LogP contribution is -2.05. The Morgan fingerprint density at radius 1 is 1.12 bits per heavy atom. The number of ether oxygens (including phenoxy) is 1. The van der Waals surface area contributed by atoms with Gasteiger partial charge in [0, 0.05) is 6.54 Å². The van der Waals surface area contributed by atoms with Gasteiger partial charge in [-0.1, -0.05) is 29.8 Å². The number of nitrogens with one attached hydrogen (secondary N) is 1. The van der Waals surface area contributed by atoms with Crippen molar-refractivity contribution in [3.8, 4) is 5.75 Å². The maximum absolute atomic E-state index is 5.75. The van der Waals surface area contributed by atoms with Crippen LogP contribution in [0.1, 0.15) is 16.7 Å². The molecule has 1 rings (SSSR count). The predicted molar refractivity (Wildman–Crippen MR) is 69.2 cm³/mol. The average molecular weight is 219 g/mol. The van der Waals surface area contributed by atoms with Gasteiger partial charge in [0.1, 0.15) is 12.4 Å². The number of benzene rings is 1. The van der Waals surface area contributed by atoms with Gasteiger partial charge in [-0.3, -0.25) is 0 Å². The Kier molecular flexibility index (Phi) is 5.06. The summed E-state index contributed by atoms with van der Waals surface area (Å²) in [7, 11) is 1.93. The van der Waals surface area contributed by atoms with Crippen LogP contribution in [0.3, 0.4) is 0 Å². The van der Waals surface area contributed by atoms with E-state index in [2.05, 4.69) is 44.3 Å². The average Bonchev–Trinajstić information content (AvgIpc) is 2.20. The number of likely N-dealkylation sites (N-methyl/N-ethyl adjacent to an activating group) is 1. The largest absolute Gasteiger partial charge is 0.489 e. The molecule has 0 saturated carbocycles. The van der Waals surface area contributed by atoms with Crippen LogP contribution >= 0.6 is 0 Å². The molecule has 1 aromatic rings. The topological polar surface area (TPSA) is 21.3 Å². The maximum Gasteiger partial charge on any atom is 0.125 e. The molecule has 0 aliphatic carbocycles. The van der Waals surface area contributed by atoms with Crippen LogP contribution in [0.25, 0.3) is 0 Å². The van der Waals surface area contributed by atoms with E-state index in [1.165, 1.54) is 16.7 Å². The van der Waals surface area contributed by atoms with Gasteiger partial charge in [0.25, 0.3) is 0 Å². The van der Waals surface area contributed by atoms with Crippen LogP contribution in [-0.2, 0) is 0 Å². The Morgan fingerprint density at radius 3 is 2.31 bits per heavy atom. The first-order valence-corrected chi connectivity index (χ1v) is 5.65. The Morgan fingerprint density at radius 2 is 1.75 bits per heavy atom. The second-order valence-corrected chi connectivity index (χ2v) is 4.07. The van der Waals surface area contributed by atoms with Gasteiger partial charge in [-0.05, 0) is 38.9 Å². The lowest BCUT2D eigenvalue weighted by Gasteiger charge is -2.11. The molecule has 0 atom stereocenters. The third-order valence-corrected chi connectivity index (χ3v) is 2.42. The van der Waals surface area contributed by atoms with E-state index in [-0.39, 0.29) is 0 Å². The molecule has 1 N–H and O–H groups in total. The molecule has 16 heavy (non-hydrogen) atoms. The molecule has 0 saturated heterocycles. The normalized spacial score (nSPS) is 11.0. The predicted octanol–water partition coefficient (Wildman–Crippen LogP) is 2.77. The van der Waals surface area contributed by atoms with Gasteiger partial charge >= 0.3 is 0 Å². The van der Waals surface area contributed by atoms with Crippen molar-refractivity contribution in [2.45, 2.75) is 20.8 Å². The van der Waals surface area contributed by atoms with Crippen molar-refractivity contribution in [2.24, 2.45) is 0 Å². The minimum atomic E-state index is 0.631. The Hall–Kier alpha value is -1.28. The van der Waals surface area contributed by atoms with Gasteiger partial charge in [-0.2, -0.15) is 0 Å². The summed E-state index contributed by atoms with van der Waals surface area (Å²) in [4.78, 5) is 0. The first kappa shape index (κ1) is 12.8. The number of rotatable bonds is 5. The molecular weight excluding hydrogens is 198 g/mol. The fourth-order valence-electron chi connectivity index (χ4n) is 1.80. The molecule has 1 aromatic carbocycles. The molecule has 0 spiro atoms. The Balaban J connectivity index is 2.60. The molecule has 0 aliphatic rings. The van der Waals surface area contributed by atoms with Crippen LogP contribution in [0.5, 0.6) is 5.75 Å². The fourth-order valence-corrected chi connectivity index (χ4v) is 1.80. The maximum atomic E-state index is 5.75. The molecule has 2 heteroatoms. The second kappa shape index (κ2) is 6.33. The SMILES string of the molecule is CNC/C=C/COc1c(C)cc(C)cc1C. The lowest BCUT2D eigenvalue weighted by atomic mass is 10.1. The minimum Gasteiger partial charge on any atom is -0.489 e. The van der Waals surface area contributed by atoms with Crippen molar-refractivity contribution < 1.29 is 4.74 Å². The zero-order valence-electron chi connectivity index (χ0n) is 10.6. The molecule has 2 nitrogen and oxygen atoms in total. The van der Waals surface area contributed by atoms with E-state index in [1.807, 2.05) is 13.1 Å². The first-order chi connectivity index (χ1) is 7.65. The third-order valence-electron chi connectivity index (χ3n) is 2.42. The van der Waals surface area contributed by atoms with Gasteiger partial charge < -0.3 is 10.1 Å². The molecule has 0 bridgehead atoms. The number of hydrogen-bond acceptors (Lipinski definition) is 2. The molecule has 88 valence electrons. The summed E-state index contributed by atoms with van der Waals surface area (Å²) in [5.41, 5.74) is 3.70. The number of hydrogen-bond donors (Lipinski definition) is 1. The quantitative estimate of drug-likeness (QED) is 0.769. The molecule has 0 fully saturated rings. The summed E-state index contributed by atoms with van der Waals surface area (Å²) in [6.07, 6.45) is 4.11. The smallest absolute Gasteiger partial charge is 0.125 e. The standard InChI is InChI=1S/C14H21NO/c1-11-9-12(2)14(13(3)10-11)16-8-6-5-7-15-4/h5-6,9-10,15H,7-8H2,1-4H3/b6-5+. The van der Waals surface area contributed by atoms with Crippen LogP contribution in [0.4, 0.5) is 0 Å². The summed E-state index contributed by atoms with van der Waals surface area (Å²) < 4.78 is 5.75. The Bertz CT molecular complexity index is 346. The van der Waals surface area contributed by atoms with Gasteiger partial charge in [0.15, 0.2) is 0 Å². The van der Waals surface area contributed by atoms with E-state index >= 15 is 0 Å². The van der Waals surface area contributed by atoms with Crippen LogP contribution in [0, 0.1) is 20.8 Å². The van der Waals surface area contributed by atoms with Gasteiger partial charge in [-0.25, -0.2) is 0 Å². The van der Waals surface area contributed by atoms with Crippen LogP contribution in [-0.4, -0.2) is 20.2 Å². The highest BCUT2D eigenvalue weighted by Crippen LogP contribution is 2.24. The molecule has 0 amide bonds. The van der Waals surface area contributed by atoms with Gasteiger partial charge in [0.2, 0.25) is 0 Å². The van der Waals surface area contributed by atoms with E-state index in [1.54, 1.807) is 0 Å². The highest BCUT2D eigenvalue weighted by atomic mass is 16.5. The first-order valence-electron chi connectivity index (χ1n) is 5.65. The van der Waals surface area contributed by atoms with E-state index in [0.717, 1.165) is 12.3 Å². The molecule has 0 aliphatic heterocycles. The zero-order chi connectivity index (χ0) is 12.0. The molecule has 0 aromatic heterocycles. The van der Waals surface area contributed by atoms with E-state index in [0.29, 0.717) is 6.61 Å². The molecule has 0 unspecified atom stereocenters. The van der Waals surface area contributed by atoms with Crippen LogP contribution in [0.2, 0.25) is 0 Å². The van der Waals surface area contributed by atoms with Crippen molar-refractivity contribution in [1.29, 1.82) is 0 Å². The zero-order valence-corrected chi connectivity index (χ0v) is 10.6.